The van der Waals surface area contributed by atoms with Gasteiger partial charge >= 0.3 is 0 Å². The van der Waals surface area contributed by atoms with Gasteiger partial charge in [0.15, 0.2) is 5.82 Å². The van der Waals surface area contributed by atoms with Crippen molar-refractivity contribution in [3.05, 3.63) is 33.4 Å². The summed E-state index contributed by atoms with van der Waals surface area (Å²) in [6.07, 6.45) is 0.793. The average Bonchev–Trinajstić information content (AvgIpc) is 2.49. The van der Waals surface area contributed by atoms with E-state index in [1.54, 1.807) is 7.11 Å². The van der Waals surface area contributed by atoms with E-state index in [0.717, 1.165) is 29.0 Å². The highest BCUT2D eigenvalue weighted by Crippen LogP contribution is 2.36. The first-order valence-corrected chi connectivity index (χ1v) is 7.92. The molecule has 0 aliphatic carbocycles. The van der Waals surface area contributed by atoms with Gasteiger partial charge < -0.3 is 10.1 Å². The normalized spacial score (nSPS) is 10.5. The highest BCUT2D eigenvalue weighted by Gasteiger charge is 2.17. The Balaban J connectivity index is 2.67. The Bertz CT molecular complexity index is 649. The fourth-order valence-corrected chi connectivity index (χ4v) is 2.86. The van der Waals surface area contributed by atoms with Crippen LogP contribution in [-0.4, -0.2) is 23.6 Å². The molecule has 0 unspecified atom stereocenters. The number of ether oxygens (including phenoxy) is 1. The van der Waals surface area contributed by atoms with Crippen LogP contribution in [0.25, 0.3) is 11.4 Å². The van der Waals surface area contributed by atoms with Crippen LogP contribution in [0.1, 0.15) is 19.5 Å². The number of aromatic nitrogens is 2. The van der Waals surface area contributed by atoms with Crippen molar-refractivity contribution in [1.82, 2.24) is 9.97 Å². The smallest absolute Gasteiger partial charge is 0.167 e. The number of methoxy groups -OCH3 is 1. The van der Waals surface area contributed by atoms with E-state index in [-0.39, 0.29) is 0 Å². The molecule has 4 nitrogen and oxygen atoms in total. The van der Waals surface area contributed by atoms with Gasteiger partial charge in [-0.3, -0.25) is 0 Å². The summed E-state index contributed by atoms with van der Waals surface area (Å²) in [4.78, 5) is 9.19. The third kappa shape index (κ3) is 3.30. The Hall–Kier alpha value is -1.33. The molecule has 0 amide bonds. The highest BCUT2D eigenvalue weighted by atomic mass is 79.9. The first kappa shape index (κ1) is 16.0. The van der Waals surface area contributed by atoms with E-state index in [2.05, 4.69) is 38.1 Å². The van der Waals surface area contributed by atoms with Gasteiger partial charge in [-0.25, -0.2) is 9.97 Å². The molecule has 0 saturated heterocycles. The quantitative estimate of drug-likeness (QED) is 0.838. The summed E-state index contributed by atoms with van der Waals surface area (Å²) in [5.41, 5.74) is 1.64. The number of hydrogen-bond donors (Lipinski definition) is 1. The highest BCUT2D eigenvalue weighted by molar-refractivity contribution is 9.10. The van der Waals surface area contributed by atoms with Gasteiger partial charge in [-0.05, 0) is 41.4 Å². The van der Waals surface area contributed by atoms with E-state index in [0.29, 0.717) is 22.2 Å². The largest absolute Gasteiger partial charge is 0.496 e. The molecule has 0 bridgehead atoms. The molecular formula is C15H17BrClN3O. The molecule has 0 radical (unpaired) electrons. The molecule has 1 heterocycles. The summed E-state index contributed by atoms with van der Waals surface area (Å²) in [6.45, 7) is 4.85. The minimum atomic E-state index is 0.563. The number of hydrogen-bond acceptors (Lipinski definition) is 4. The van der Waals surface area contributed by atoms with E-state index >= 15 is 0 Å². The third-order valence-corrected chi connectivity index (χ3v) is 4.17. The number of aryl methyl sites for hydroxylation is 1. The summed E-state index contributed by atoms with van der Waals surface area (Å²) in [5.74, 6) is 1.99. The lowest BCUT2D eigenvalue weighted by Gasteiger charge is -2.14. The average molecular weight is 371 g/mol. The van der Waals surface area contributed by atoms with Gasteiger partial charge in [0.05, 0.1) is 27.9 Å². The van der Waals surface area contributed by atoms with Crippen molar-refractivity contribution in [3.8, 4) is 17.1 Å². The van der Waals surface area contributed by atoms with Crippen LogP contribution in [0.2, 0.25) is 5.02 Å². The number of rotatable bonds is 5. The third-order valence-electron chi connectivity index (χ3n) is 3.02. The molecule has 6 heteroatoms. The molecule has 112 valence electrons. The molecule has 0 aliphatic rings. The van der Waals surface area contributed by atoms with Crippen molar-refractivity contribution in [3.63, 3.8) is 0 Å². The van der Waals surface area contributed by atoms with E-state index in [4.69, 9.17) is 16.3 Å². The second-order valence-electron chi connectivity index (χ2n) is 4.36. The SMILES string of the molecule is CCNc1nc(-c2c(Cl)cccc2OC)nc(CC)c1Br. The number of nitrogens with zero attached hydrogens (tertiary/aromatic N) is 2. The van der Waals surface area contributed by atoms with Gasteiger partial charge in [-0.1, -0.05) is 24.6 Å². The standard InChI is InChI=1S/C15H17BrClN3O/c1-4-10-13(16)15(18-5-2)20-14(19-10)12-9(17)7-6-8-11(12)21-3/h6-8H,4-5H2,1-3H3,(H,18,19,20). The lowest BCUT2D eigenvalue weighted by Crippen LogP contribution is -2.06. The fraction of sp³-hybridized carbons (Fsp3) is 0.333. The fourth-order valence-electron chi connectivity index (χ4n) is 2.02. The predicted octanol–water partition coefficient (Wildman–Crippen LogP) is 4.56. The van der Waals surface area contributed by atoms with Crippen LogP contribution in [0.5, 0.6) is 5.75 Å². The maximum absolute atomic E-state index is 6.32. The number of halogens is 2. The van der Waals surface area contributed by atoms with Crippen LogP contribution in [0.15, 0.2) is 22.7 Å². The minimum absolute atomic E-state index is 0.563. The molecule has 21 heavy (non-hydrogen) atoms. The van der Waals surface area contributed by atoms with Crippen LogP contribution in [0.4, 0.5) is 5.82 Å². The molecule has 1 N–H and O–H groups in total. The first-order chi connectivity index (χ1) is 10.1. The molecule has 0 atom stereocenters. The number of benzene rings is 1. The van der Waals surface area contributed by atoms with Crippen LogP contribution in [0.3, 0.4) is 0 Å². The van der Waals surface area contributed by atoms with Crippen molar-refractivity contribution in [2.45, 2.75) is 20.3 Å². The Morgan fingerprint density at radius 2 is 2.05 bits per heavy atom. The maximum atomic E-state index is 6.32. The lowest BCUT2D eigenvalue weighted by atomic mass is 10.1. The summed E-state index contributed by atoms with van der Waals surface area (Å²) in [6, 6.07) is 5.50. The maximum Gasteiger partial charge on any atom is 0.167 e. The minimum Gasteiger partial charge on any atom is -0.496 e. The lowest BCUT2D eigenvalue weighted by molar-refractivity contribution is 0.416. The number of anilines is 1. The first-order valence-electron chi connectivity index (χ1n) is 6.75. The van der Waals surface area contributed by atoms with Crippen LogP contribution >= 0.6 is 27.5 Å². The molecule has 1 aromatic carbocycles. The molecule has 2 aromatic rings. The van der Waals surface area contributed by atoms with Gasteiger partial charge in [0.2, 0.25) is 0 Å². The molecule has 0 aliphatic heterocycles. The van der Waals surface area contributed by atoms with Crippen molar-refractivity contribution >= 4 is 33.3 Å². The van der Waals surface area contributed by atoms with Crippen LogP contribution < -0.4 is 10.1 Å². The van der Waals surface area contributed by atoms with Crippen molar-refractivity contribution < 1.29 is 4.74 Å². The van der Waals surface area contributed by atoms with E-state index in [9.17, 15) is 0 Å². The zero-order valence-corrected chi connectivity index (χ0v) is 14.5. The Morgan fingerprint density at radius 1 is 1.29 bits per heavy atom. The van der Waals surface area contributed by atoms with Crippen LogP contribution in [0, 0.1) is 0 Å². The molecule has 0 spiro atoms. The van der Waals surface area contributed by atoms with Gasteiger partial charge in [0, 0.05) is 6.54 Å². The molecule has 1 aromatic heterocycles. The Morgan fingerprint density at radius 3 is 2.67 bits per heavy atom. The van der Waals surface area contributed by atoms with Gasteiger partial charge in [-0.2, -0.15) is 0 Å². The van der Waals surface area contributed by atoms with E-state index in [1.807, 2.05) is 25.1 Å². The molecule has 0 saturated carbocycles. The van der Waals surface area contributed by atoms with E-state index in [1.165, 1.54) is 0 Å². The summed E-state index contributed by atoms with van der Waals surface area (Å²) in [7, 11) is 1.61. The molecule has 0 fully saturated rings. The Kier molecular flexibility index (Phi) is 5.42. The summed E-state index contributed by atoms with van der Waals surface area (Å²) in [5, 5.41) is 3.81. The zero-order chi connectivity index (χ0) is 15.4. The van der Waals surface area contributed by atoms with Gasteiger partial charge in [-0.15, -0.1) is 0 Å². The van der Waals surface area contributed by atoms with Gasteiger partial charge in [0.25, 0.3) is 0 Å². The Labute approximate surface area is 138 Å². The van der Waals surface area contributed by atoms with Crippen molar-refractivity contribution in [1.29, 1.82) is 0 Å². The monoisotopic (exact) mass is 369 g/mol. The summed E-state index contributed by atoms with van der Waals surface area (Å²) >= 11 is 9.87. The summed E-state index contributed by atoms with van der Waals surface area (Å²) < 4.78 is 6.28. The van der Waals surface area contributed by atoms with E-state index < -0.39 is 0 Å². The van der Waals surface area contributed by atoms with Crippen LogP contribution in [-0.2, 0) is 6.42 Å². The second-order valence-corrected chi connectivity index (χ2v) is 5.56. The van der Waals surface area contributed by atoms with Crippen molar-refractivity contribution in [2.75, 3.05) is 19.0 Å². The predicted molar refractivity (Wildman–Crippen MR) is 90.3 cm³/mol. The zero-order valence-electron chi connectivity index (χ0n) is 12.2. The number of nitrogens with one attached hydrogen (secondary N) is 1. The topological polar surface area (TPSA) is 47.0 Å². The van der Waals surface area contributed by atoms with Gasteiger partial charge in [0.1, 0.15) is 11.6 Å². The molecular weight excluding hydrogens is 354 g/mol. The molecule has 2 rings (SSSR count). The van der Waals surface area contributed by atoms with Crippen molar-refractivity contribution in [2.24, 2.45) is 0 Å². The second kappa shape index (κ2) is 7.09.